The standard InChI is InChI=1S/C13H21NO/c1-4-13(14,10-11(2)15-3)12-8-6-5-7-9-12/h5-9,11H,4,10,14H2,1-3H3. The smallest absolute Gasteiger partial charge is 0.0564 e. The van der Waals surface area contributed by atoms with Gasteiger partial charge in [0.25, 0.3) is 0 Å². The zero-order valence-corrected chi connectivity index (χ0v) is 9.86. The van der Waals surface area contributed by atoms with Crippen molar-refractivity contribution < 1.29 is 4.74 Å². The van der Waals surface area contributed by atoms with Gasteiger partial charge in [0.15, 0.2) is 0 Å². The second-order valence-electron chi connectivity index (χ2n) is 4.13. The predicted octanol–water partition coefficient (Wildman–Crippen LogP) is 2.68. The van der Waals surface area contributed by atoms with E-state index in [1.165, 1.54) is 5.56 Å². The first-order valence-corrected chi connectivity index (χ1v) is 5.49. The molecule has 1 aromatic rings. The van der Waals surface area contributed by atoms with E-state index < -0.39 is 0 Å². The molecule has 1 rings (SSSR count). The highest BCUT2D eigenvalue weighted by Gasteiger charge is 2.27. The Bertz CT molecular complexity index is 286. The Hall–Kier alpha value is -0.860. The van der Waals surface area contributed by atoms with Crippen molar-refractivity contribution in [3.8, 4) is 0 Å². The Morgan fingerprint density at radius 2 is 1.93 bits per heavy atom. The lowest BCUT2D eigenvalue weighted by atomic mass is 9.83. The van der Waals surface area contributed by atoms with Gasteiger partial charge < -0.3 is 10.5 Å². The molecule has 2 atom stereocenters. The van der Waals surface area contributed by atoms with Crippen LogP contribution in [0.1, 0.15) is 32.3 Å². The maximum atomic E-state index is 6.42. The highest BCUT2D eigenvalue weighted by molar-refractivity contribution is 5.23. The van der Waals surface area contributed by atoms with Crippen molar-refractivity contribution in [2.24, 2.45) is 5.73 Å². The molecule has 0 aliphatic carbocycles. The molecule has 2 heteroatoms. The molecule has 0 aromatic heterocycles. The second kappa shape index (κ2) is 5.29. The van der Waals surface area contributed by atoms with E-state index in [0.29, 0.717) is 0 Å². The van der Waals surface area contributed by atoms with Gasteiger partial charge in [0.2, 0.25) is 0 Å². The molecule has 2 nitrogen and oxygen atoms in total. The number of methoxy groups -OCH3 is 1. The van der Waals surface area contributed by atoms with E-state index in [1.54, 1.807) is 7.11 Å². The van der Waals surface area contributed by atoms with Crippen LogP contribution in [0.25, 0.3) is 0 Å². The molecule has 0 aliphatic rings. The number of benzene rings is 1. The van der Waals surface area contributed by atoms with E-state index in [2.05, 4.69) is 26.0 Å². The molecule has 0 saturated carbocycles. The minimum Gasteiger partial charge on any atom is -0.382 e. The Balaban J connectivity index is 2.85. The number of hydrogen-bond acceptors (Lipinski definition) is 2. The number of nitrogens with two attached hydrogens (primary N) is 1. The molecule has 0 radical (unpaired) electrons. The third-order valence-electron chi connectivity index (χ3n) is 3.03. The van der Waals surface area contributed by atoms with Crippen LogP contribution in [0.15, 0.2) is 30.3 Å². The topological polar surface area (TPSA) is 35.2 Å². The second-order valence-corrected chi connectivity index (χ2v) is 4.13. The summed E-state index contributed by atoms with van der Waals surface area (Å²) in [5.74, 6) is 0. The lowest BCUT2D eigenvalue weighted by Gasteiger charge is -2.31. The van der Waals surface area contributed by atoms with Gasteiger partial charge in [-0.15, -0.1) is 0 Å². The minimum atomic E-state index is -0.267. The van der Waals surface area contributed by atoms with Crippen molar-refractivity contribution in [1.29, 1.82) is 0 Å². The van der Waals surface area contributed by atoms with Gasteiger partial charge in [-0.1, -0.05) is 37.3 Å². The zero-order valence-electron chi connectivity index (χ0n) is 9.86. The molecule has 2 unspecified atom stereocenters. The maximum Gasteiger partial charge on any atom is 0.0564 e. The quantitative estimate of drug-likeness (QED) is 0.805. The van der Waals surface area contributed by atoms with Crippen LogP contribution in [0.4, 0.5) is 0 Å². The molecule has 2 N–H and O–H groups in total. The summed E-state index contributed by atoms with van der Waals surface area (Å²) < 4.78 is 5.29. The fraction of sp³-hybridized carbons (Fsp3) is 0.538. The summed E-state index contributed by atoms with van der Waals surface area (Å²) in [4.78, 5) is 0. The molecular weight excluding hydrogens is 186 g/mol. The van der Waals surface area contributed by atoms with Gasteiger partial charge in [-0.05, 0) is 25.3 Å². The van der Waals surface area contributed by atoms with Crippen molar-refractivity contribution in [2.75, 3.05) is 7.11 Å². The Morgan fingerprint density at radius 1 is 1.33 bits per heavy atom. The zero-order chi connectivity index (χ0) is 11.3. The normalized spacial score (nSPS) is 17.1. The molecule has 0 fully saturated rings. The van der Waals surface area contributed by atoms with Gasteiger partial charge in [-0.2, -0.15) is 0 Å². The lowest BCUT2D eigenvalue weighted by molar-refractivity contribution is 0.0862. The fourth-order valence-corrected chi connectivity index (χ4v) is 1.83. The van der Waals surface area contributed by atoms with Gasteiger partial charge in [-0.25, -0.2) is 0 Å². The van der Waals surface area contributed by atoms with Gasteiger partial charge in [0.05, 0.1) is 6.10 Å². The van der Waals surface area contributed by atoms with Crippen molar-refractivity contribution in [3.05, 3.63) is 35.9 Å². The van der Waals surface area contributed by atoms with Crippen LogP contribution >= 0.6 is 0 Å². The van der Waals surface area contributed by atoms with Crippen molar-refractivity contribution in [3.63, 3.8) is 0 Å². The van der Waals surface area contributed by atoms with Crippen LogP contribution in [0.3, 0.4) is 0 Å². The molecule has 15 heavy (non-hydrogen) atoms. The fourth-order valence-electron chi connectivity index (χ4n) is 1.83. The van der Waals surface area contributed by atoms with Gasteiger partial charge in [0, 0.05) is 12.6 Å². The van der Waals surface area contributed by atoms with E-state index in [1.807, 2.05) is 18.2 Å². The summed E-state index contributed by atoms with van der Waals surface area (Å²) in [6, 6.07) is 10.3. The first-order valence-electron chi connectivity index (χ1n) is 5.49. The van der Waals surface area contributed by atoms with Crippen molar-refractivity contribution in [2.45, 2.75) is 38.3 Å². The van der Waals surface area contributed by atoms with Crippen LogP contribution in [0, 0.1) is 0 Å². The number of hydrogen-bond donors (Lipinski definition) is 1. The Morgan fingerprint density at radius 3 is 2.40 bits per heavy atom. The van der Waals surface area contributed by atoms with E-state index >= 15 is 0 Å². The molecule has 0 spiro atoms. The van der Waals surface area contributed by atoms with E-state index in [9.17, 15) is 0 Å². The average molecular weight is 207 g/mol. The van der Waals surface area contributed by atoms with Crippen LogP contribution in [0.2, 0.25) is 0 Å². The summed E-state index contributed by atoms with van der Waals surface area (Å²) in [6.45, 7) is 4.18. The Kier molecular flexibility index (Phi) is 4.30. The highest BCUT2D eigenvalue weighted by Crippen LogP contribution is 2.27. The summed E-state index contributed by atoms with van der Waals surface area (Å²) in [6.07, 6.45) is 1.96. The van der Waals surface area contributed by atoms with Gasteiger partial charge >= 0.3 is 0 Å². The molecule has 0 bridgehead atoms. The van der Waals surface area contributed by atoms with Crippen LogP contribution in [0.5, 0.6) is 0 Å². The molecular formula is C13H21NO. The molecule has 0 amide bonds. The first-order chi connectivity index (χ1) is 7.12. The van der Waals surface area contributed by atoms with E-state index in [0.717, 1.165) is 12.8 Å². The summed E-state index contributed by atoms with van der Waals surface area (Å²) >= 11 is 0. The van der Waals surface area contributed by atoms with Crippen molar-refractivity contribution >= 4 is 0 Å². The Labute approximate surface area is 92.4 Å². The number of ether oxygens (including phenoxy) is 1. The van der Waals surface area contributed by atoms with E-state index in [4.69, 9.17) is 10.5 Å². The van der Waals surface area contributed by atoms with Crippen LogP contribution in [-0.2, 0) is 10.3 Å². The van der Waals surface area contributed by atoms with E-state index in [-0.39, 0.29) is 11.6 Å². The summed E-state index contributed by atoms with van der Waals surface area (Å²) in [5.41, 5.74) is 7.34. The third-order valence-corrected chi connectivity index (χ3v) is 3.03. The molecule has 0 aliphatic heterocycles. The largest absolute Gasteiger partial charge is 0.382 e. The lowest BCUT2D eigenvalue weighted by Crippen LogP contribution is -2.39. The van der Waals surface area contributed by atoms with Crippen LogP contribution < -0.4 is 5.73 Å². The maximum absolute atomic E-state index is 6.42. The average Bonchev–Trinajstić information content (AvgIpc) is 2.30. The summed E-state index contributed by atoms with van der Waals surface area (Å²) in [7, 11) is 1.73. The molecule has 0 saturated heterocycles. The molecule has 0 heterocycles. The summed E-state index contributed by atoms with van der Waals surface area (Å²) in [5, 5.41) is 0. The third kappa shape index (κ3) is 3.05. The highest BCUT2D eigenvalue weighted by atomic mass is 16.5. The van der Waals surface area contributed by atoms with Gasteiger partial charge in [-0.3, -0.25) is 0 Å². The molecule has 1 aromatic carbocycles. The van der Waals surface area contributed by atoms with Crippen molar-refractivity contribution in [1.82, 2.24) is 0 Å². The number of rotatable bonds is 5. The first kappa shape index (κ1) is 12.2. The SMILES string of the molecule is CCC(N)(CC(C)OC)c1ccccc1. The molecule has 84 valence electrons. The monoisotopic (exact) mass is 207 g/mol. The predicted molar refractivity (Wildman–Crippen MR) is 63.7 cm³/mol. The van der Waals surface area contributed by atoms with Crippen LogP contribution in [-0.4, -0.2) is 13.2 Å². The van der Waals surface area contributed by atoms with Gasteiger partial charge in [0.1, 0.15) is 0 Å². The minimum absolute atomic E-state index is 0.190.